The minimum absolute atomic E-state index is 0.213. The van der Waals surface area contributed by atoms with Gasteiger partial charge in [0.05, 0.1) is 5.92 Å². The van der Waals surface area contributed by atoms with Crippen LogP contribution in [0.5, 0.6) is 0 Å². The van der Waals surface area contributed by atoms with Crippen LogP contribution >= 0.6 is 15.9 Å². The highest BCUT2D eigenvalue weighted by Crippen LogP contribution is 2.20. The number of carbonyl (C=O) groups excluding carboxylic acids is 1. The molecule has 3 heteroatoms. The minimum atomic E-state index is -0.286. The number of nitrogens with two attached hydrogens (primary N) is 1. The number of carbonyl (C=O) groups is 1. The van der Waals surface area contributed by atoms with Crippen LogP contribution in [0.2, 0.25) is 0 Å². The largest absolute Gasteiger partial charge is 0.369 e. The molecule has 1 amide bonds. The molecule has 0 saturated heterocycles. The zero-order chi connectivity index (χ0) is 12.0. The van der Waals surface area contributed by atoms with Crippen LogP contribution < -0.4 is 5.73 Å². The Bertz CT molecular complexity index is 316. The molecule has 15 heavy (non-hydrogen) atoms. The van der Waals surface area contributed by atoms with Crippen molar-refractivity contribution in [1.82, 2.24) is 0 Å². The summed E-state index contributed by atoms with van der Waals surface area (Å²) in [4.78, 5) is 11.1. The topological polar surface area (TPSA) is 43.1 Å². The van der Waals surface area contributed by atoms with Crippen LogP contribution in [0.4, 0.5) is 0 Å². The maximum absolute atomic E-state index is 11.1. The standard InChI is InChI=1S/C12H18BrNO/c1-5-10(9(4)12(14)15)7-8(3)11(13)6-2/h6-7,9H,2,5H2,1,3-4H3,(H2,14,15)/b10-7+,11-8+. The van der Waals surface area contributed by atoms with Gasteiger partial charge in [0.2, 0.25) is 5.91 Å². The van der Waals surface area contributed by atoms with Crippen molar-refractivity contribution >= 4 is 21.8 Å². The van der Waals surface area contributed by atoms with E-state index in [0.717, 1.165) is 22.0 Å². The molecule has 0 heterocycles. The summed E-state index contributed by atoms with van der Waals surface area (Å²) in [6.45, 7) is 9.48. The van der Waals surface area contributed by atoms with Gasteiger partial charge in [-0.3, -0.25) is 4.79 Å². The van der Waals surface area contributed by atoms with Gasteiger partial charge in [0, 0.05) is 4.48 Å². The molecular weight excluding hydrogens is 254 g/mol. The van der Waals surface area contributed by atoms with Crippen LogP contribution in [0.15, 0.2) is 34.4 Å². The zero-order valence-corrected chi connectivity index (χ0v) is 11.1. The number of amides is 1. The second kappa shape index (κ2) is 6.62. The van der Waals surface area contributed by atoms with E-state index in [1.807, 2.05) is 26.8 Å². The fourth-order valence-corrected chi connectivity index (χ4v) is 1.34. The number of hydrogen-bond donors (Lipinski definition) is 1. The molecule has 0 saturated carbocycles. The van der Waals surface area contributed by atoms with E-state index < -0.39 is 0 Å². The van der Waals surface area contributed by atoms with Crippen molar-refractivity contribution in [3.8, 4) is 0 Å². The van der Waals surface area contributed by atoms with Crippen molar-refractivity contribution in [2.24, 2.45) is 11.7 Å². The molecular formula is C12H18BrNO. The van der Waals surface area contributed by atoms with Gasteiger partial charge in [-0.05, 0) is 25.8 Å². The van der Waals surface area contributed by atoms with E-state index in [9.17, 15) is 4.79 Å². The molecule has 0 aromatic carbocycles. The molecule has 2 nitrogen and oxygen atoms in total. The summed E-state index contributed by atoms with van der Waals surface area (Å²) in [6, 6.07) is 0. The number of hydrogen-bond acceptors (Lipinski definition) is 1. The zero-order valence-electron chi connectivity index (χ0n) is 9.51. The summed E-state index contributed by atoms with van der Waals surface area (Å²) in [6.07, 6.45) is 4.54. The van der Waals surface area contributed by atoms with Gasteiger partial charge in [0.1, 0.15) is 0 Å². The summed E-state index contributed by atoms with van der Waals surface area (Å²) in [5.74, 6) is -0.499. The molecule has 84 valence electrons. The smallest absolute Gasteiger partial charge is 0.224 e. The van der Waals surface area contributed by atoms with Gasteiger partial charge < -0.3 is 5.73 Å². The average Bonchev–Trinajstić information content (AvgIpc) is 2.22. The Kier molecular flexibility index (Phi) is 6.25. The molecule has 0 radical (unpaired) electrons. The van der Waals surface area contributed by atoms with Gasteiger partial charge in [-0.1, -0.05) is 47.2 Å². The van der Waals surface area contributed by atoms with Crippen molar-refractivity contribution < 1.29 is 4.79 Å². The number of halogens is 1. The first-order valence-electron chi connectivity index (χ1n) is 4.92. The molecule has 0 aromatic heterocycles. The van der Waals surface area contributed by atoms with Crippen LogP contribution in [0.3, 0.4) is 0 Å². The van der Waals surface area contributed by atoms with Crippen molar-refractivity contribution in [2.75, 3.05) is 0 Å². The Morgan fingerprint density at radius 1 is 1.60 bits per heavy atom. The lowest BCUT2D eigenvalue weighted by atomic mass is 9.96. The lowest BCUT2D eigenvalue weighted by Crippen LogP contribution is -2.22. The SMILES string of the molecule is C=C/C(Br)=C(C)\C=C(/CC)C(C)C(N)=O. The molecule has 0 fully saturated rings. The predicted octanol–water partition coefficient (Wildman–Crippen LogP) is 3.30. The Balaban J connectivity index is 5.05. The van der Waals surface area contributed by atoms with Crippen molar-refractivity contribution in [1.29, 1.82) is 0 Å². The lowest BCUT2D eigenvalue weighted by Gasteiger charge is -2.11. The van der Waals surface area contributed by atoms with Crippen LogP contribution in [-0.4, -0.2) is 5.91 Å². The lowest BCUT2D eigenvalue weighted by molar-refractivity contribution is -0.120. The fraction of sp³-hybridized carbons (Fsp3) is 0.417. The Hall–Kier alpha value is -0.830. The maximum Gasteiger partial charge on any atom is 0.224 e. The number of rotatable bonds is 5. The number of primary amides is 1. The fourth-order valence-electron chi connectivity index (χ4n) is 1.22. The summed E-state index contributed by atoms with van der Waals surface area (Å²) in [5, 5.41) is 0. The molecule has 2 N–H and O–H groups in total. The van der Waals surface area contributed by atoms with Gasteiger partial charge in [0.25, 0.3) is 0 Å². The molecule has 1 atom stereocenters. The normalized spacial score (nSPS) is 15.6. The molecule has 0 rings (SSSR count). The first kappa shape index (κ1) is 14.2. The van der Waals surface area contributed by atoms with E-state index in [1.165, 1.54) is 0 Å². The van der Waals surface area contributed by atoms with Gasteiger partial charge >= 0.3 is 0 Å². The second-order valence-electron chi connectivity index (χ2n) is 3.43. The highest BCUT2D eigenvalue weighted by Gasteiger charge is 2.12. The Labute approximate surface area is 100 Å². The molecule has 0 spiro atoms. The first-order valence-corrected chi connectivity index (χ1v) is 5.71. The third-order valence-electron chi connectivity index (χ3n) is 2.35. The Morgan fingerprint density at radius 2 is 2.13 bits per heavy atom. The second-order valence-corrected chi connectivity index (χ2v) is 4.29. The van der Waals surface area contributed by atoms with Crippen molar-refractivity contribution in [3.05, 3.63) is 34.4 Å². The predicted molar refractivity (Wildman–Crippen MR) is 68.6 cm³/mol. The molecule has 1 unspecified atom stereocenters. The molecule has 0 bridgehead atoms. The van der Waals surface area contributed by atoms with Gasteiger partial charge in [-0.25, -0.2) is 0 Å². The van der Waals surface area contributed by atoms with E-state index in [4.69, 9.17) is 5.73 Å². The monoisotopic (exact) mass is 271 g/mol. The van der Waals surface area contributed by atoms with Crippen LogP contribution in [0.25, 0.3) is 0 Å². The summed E-state index contributed by atoms with van der Waals surface area (Å²) in [7, 11) is 0. The molecule has 0 aliphatic carbocycles. The molecule has 0 aliphatic rings. The molecule has 0 aliphatic heterocycles. The van der Waals surface area contributed by atoms with Gasteiger partial charge in [-0.15, -0.1) is 0 Å². The average molecular weight is 272 g/mol. The first-order chi connectivity index (χ1) is 6.93. The summed E-state index contributed by atoms with van der Waals surface area (Å²) in [5.41, 5.74) is 7.36. The maximum atomic E-state index is 11.1. The van der Waals surface area contributed by atoms with Crippen molar-refractivity contribution in [2.45, 2.75) is 27.2 Å². The minimum Gasteiger partial charge on any atom is -0.369 e. The summed E-state index contributed by atoms with van der Waals surface area (Å²) >= 11 is 3.39. The van der Waals surface area contributed by atoms with Crippen molar-refractivity contribution in [3.63, 3.8) is 0 Å². The third-order valence-corrected chi connectivity index (χ3v) is 3.30. The Morgan fingerprint density at radius 3 is 2.47 bits per heavy atom. The highest BCUT2D eigenvalue weighted by molar-refractivity contribution is 9.11. The van der Waals surface area contributed by atoms with E-state index in [2.05, 4.69) is 22.5 Å². The third kappa shape index (κ3) is 4.47. The highest BCUT2D eigenvalue weighted by atomic mass is 79.9. The van der Waals surface area contributed by atoms with Crippen LogP contribution in [-0.2, 0) is 4.79 Å². The van der Waals surface area contributed by atoms with E-state index >= 15 is 0 Å². The number of allylic oxidation sites excluding steroid dienone is 4. The van der Waals surface area contributed by atoms with E-state index in [1.54, 1.807) is 6.08 Å². The van der Waals surface area contributed by atoms with Crippen LogP contribution in [0, 0.1) is 5.92 Å². The van der Waals surface area contributed by atoms with Gasteiger partial charge in [-0.2, -0.15) is 0 Å². The van der Waals surface area contributed by atoms with E-state index in [-0.39, 0.29) is 11.8 Å². The van der Waals surface area contributed by atoms with Gasteiger partial charge in [0.15, 0.2) is 0 Å². The summed E-state index contributed by atoms with van der Waals surface area (Å²) < 4.78 is 0.935. The molecule has 0 aromatic rings. The van der Waals surface area contributed by atoms with Crippen LogP contribution in [0.1, 0.15) is 27.2 Å². The van der Waals surface area contributed by atoms with E-state index in [0.29, 0.717) is 0 Å². The quantitative estimate of drug-likeness (QED) is 0.767.